The van der Waals surface area contributed by atoms with Gasteiger partial charge in [-0.2, -0.15) is 0 Å². The average Bonchev–Trinajstić information content (AvgIpc) is 3.62. The van der Waals surface area contributed by atoms with Gasteiger partial charge in [-0.3, -0.25) is 0 Å². The summed E-state index contributed by atoms with van der Waals surface area (Å²) >= 11 is 0. The molecular weight excluding hydrogens is 408 g/mol. The summed E-state index contributed by atoms with van der Waals surface area (Å²) in [4.78, 5) is 0. The summed E-state index contributed by atoms with van der Waals surface area (Å²) in [6.45, 7) is 7.88. The first-order valence-electron chi connectivity index (χ1n) is 13.1. The first-order valence-corrected chi connectivity index (χ1v) is 18.7. The fourth-order valence-electron chi connectivity index (χ4n) is 5.64. The smallest absolute Gasteiger partial charge is 0.191 e. The molecule has 4 fully saturated rings. The maximum absolute atomic E-state index is 6.64. The molecule has 0 aromatic heterocycles. The van der Waals surface area contributed by atoms with Crippen LogP contribution in [0.1, 0.15) is 70.6 Å². The van der Waals surface area contributed by atoms with E-state index in [1.807, 2.05) is 0 Å². The van der Waals surface area contributed by atoms with Gasteiger partial charge in [0.15, 0.2) is 16.6 Å². The van der Waals surface area contributed by atoms with Gasteiger partial charge in [-0.15, -0.1) is 0 Å². The molecule has 3 aliphatic heterocycles. The summed E-state index contributed by atoms with van der Waals surface area (Å²) in [5.74, 6) is 0.884. The predicted octanol–water partition coefficient (Wildman–Crippen LogP) is 6.27. The second-order valence-electron chi connectivity index (χ2n) is 11.1. The summed E-state index contributed by atoms with van der Waals surface area (Å²) in [7, 11) is -3.15. The third-order valence-corrected chi connectivity index (χ3v) is 15.3. The van der Waals surface area contributed by atoms with E-state index < -0.39 is 16.6 Å². The van der Waals surface area contributed by atoms with Crippen LogP contribution in [-0.2, 0) is 18.3 Å². The number of hydrogen-bond donors (Lipinski definition) is 0. The zero-order valence-electron chi connectivity index (χ0n) is 19.7. The second kappa shape index (κ2) is 10.9. The molecule has 0 amide bonds. The standard InChI is InChI=1S/C24H46O4Si2/c1-29(15-8-6-4-3-5-7-9-22-20-25-22)17-13-27-30(2,18-14-26-29)16-12-21-10-11-23-24(19-21)28-23/h21-24H,3-20H2,1-2H3. The lowest BCUT2D eigenvalue weighted by atomic mass is 9.88. The highest BCUT2D eigenvalue weighted by Crippen LogP contribution is 2.42. The van der Waals surface area contributed by atoms with Crippen LogP contribution in [0.15, 0.2) is 0 Å². The summed E-state index contributed by atoms with van der Waals surface area (Å²) in [6, 6.07) is 5.06. The highest BCUT2D eigenvalue weighted by Gasteiger charge is 2.44. The van der Waals surface area contributed by atoms with Crippen LogP contribution in [0.25, 0.3) is 0 Å². The van der Waals surface area contributed by atoms with E-state index in [1.54, 1.807) is 0 Å². The first-order chi connectivity index (χ1) is 14.5. The minimum atomic E-state index is -1.59. The average molecular weight is 455 g/mol. The van der Waals surface area contributed by atoms with Crippen molar-refractivity contribution in [2.75, 3.05) is 19.8 Å². The Morgan fingerprint density at radius 2 is 1.40 bits per heavy atom. The Hall–Kier alpha value is 0.274. The van der Waals surface area contributed by atoms with Gasteiger partial charge in [0.05, 0.1) is 24.9 Å². The molecule has 3 heterocycles. The van der Waals surface area contributed by atoms with E-state index in [0.29, 0.717) is 18.3 Å². The Labute approximate surface area is 187 Å². The van der Waals surface area contributed by atoms with Crippen LogP contribution in [0.4, 0.5) is 0 Å². The molecule has 0 aromatic carbocycles. The van der Waals surface area contributed by atoms with Crippen molar-refractivity contribution in [2.45, 2.75) is 126 Å². The molecule has 174 valence electrons. The molecule has 0 aromatic rings. The summed E-state index contributed by atoms with van der Waals surface area (Å²) in [5.41, 5.74) is 0. The normalized spacial score (nSPS) is 41.0. The van der Waals surface area contributed by atoms with Gasteiger partial charge in [0, 0.05) is 13.2 Å². The Morgan fingerprint density at radius 3 is 2.10 bits per heavy atom. The molecule has 1 saturated carbocycles. The summed E-state index contributed by atoms with van der Waals surface area (Å²) in [5, 5.41) is 0. The van der Waals surface area contributed by atoms with Crippen molar-refractivity contribution in [1.82, 2.24) is 0 Å². The maximum atomic E-state index is 6.64. The number of hydrogen-bond acceptors (Lipinski definition) is 4. The van der Waals surface area contributed by atoms with Crippen LogP contribution < -0.4 is 0 Å². The topological polar surface area (TPSA) is 43.5 Å². The van der Waals surface area contributed by atoms with E-state index in [1.165, 1.54) is 94.8 Å². The Balaban J connectivity index is 1.06. The Kier molecular flexibility index (Phi) is 8.54. The van der Waals surface area contributed by atoms with E-state index in [9.17, 15) is 0 Å². The van der Waals surface area contributed by atoms with Crippen LogP contribution in [-0.4, -0.2) is 54.8 Å². The van der Waals surface area contributed by atoms with Gasteiger partial charge >= 0.3 is 0 Å². The maximum Gasteiger partial charge on any atom is 0.191 e. The first kappa shape index (κ1) is 23.4. The number of unbranched alkanes of at least 4 members (excludes halogenated alkanes) is 5. The summed E-state index contributed by atoms with van der Waals surface area (Å²) < 4.78 is 24.3. The molecule has 0 spiro atoms. The largest absolute Gasteiger partial charge is 0.417 e. The Bertz CT molecular complexity index is 517. The molecule has 3 saturated heterocycles. The van der Waals surface area contributed by atoms with E-state index in [-0.39, 0.29) is 0 Å². The van der Waals surface area contributed by atoms with Crippen LogP contribution >= 0.6 is 0 Å². The van der Waals surface area contributed by atoms with Gasteiger partial charge in [-0.25, -0.2) is 0 Å². The molecule has 6 unspecified atom stereocenters. The highest BCUT2D eigenvalue weighted by atomic mass is 28.4. The molecule has 30 heavy (non-hydrogen) atoms. The Morgan fingerprint density at radius 1 is 0.733 bits per heavy atom. The fourth-order valence-corrected chi connectivity index (χ4v) is 11.4. The minimum Gasteiger partial charge on any atom is -0.417 e. The molecular formula is C24H46O4Si2. The van der Waals surface area contributed by atoms with Gasteiger partial charge in [0.1, 0.15) is 0 Å². The van der Waals surface area contributed by atoms with Crippen LogP contribution in [0.5, 0.6) is 0 Å². The fraction of sp³-hybridized carbons (Fsp3) is 1.00. The molecule has 0 bridgehead atoms. The van der Waals surface area contributed by atoms with Crippen molar-refractivity contribution in [1.29, 1.82) is 0 Å². The number of fused-ring (bicyclic) bond motifs is 1. The molecule has 6 heteroatoms. The molecule has 6 atom stereocenters. The van der Waals surface area contributed by atoms with E-state index in [2.05, 4.69) is 13.1 Å². The lowest BCUT2D eigenvalue weighted by Crippen LogP contribution is -2.45. The second-order valence-corrected chi connectivity index (χ2v) is 19.5. The zero-order valence-corrected chi connectivity index (χ0v) is 21.7. The third-order valence-electron chi connectivity index (χ3n) is 8.24. The van der Waals surface area contributed by atoms with E-state index in [0.717, 1.165) is 25.7 Å². The molecule has 4 nitrogen and oxygen atoms in total. The molecule has 0 N–H and O–H groups in total. The van der Waals surface area contributed by atoms with Crippen molar-refractivity contribution in [3.8, 4) is 0 Å². The highest BCUT2D eigenvalue weighted by molar-refractivity contribution is 6.74. The van der Waals surface area contributed by atoms with Gasteiger partial charge < -0.3 is 18.3 Å². The number of epoxide rings is 2. The van der Waals surface area contributed by atoms with Crippen molar-refractivity contribution in [3.05, 3.63) is 0 Å². The van der Waals surface area contributed by atoms with E-state index >= 15 is 0 Å². The van der Waals surface area contributed by atoms with Gasteiger partial charge in [0.25, 0.3) is 0 Å². The van der Waals surface area contributed by atoms with E-state index in [4.69, 9.17) is 18.3 Å². The van der Waals surface area contributed by atoms with Crippen molar-refractivity contribution < 1.29 is 18.3 Å². The molecule has 4 rings (SSSR count). The predicted molar refractivity (Wildman–Crippen MR) is 127 cm³/mol. The van der Waals surface area contributed by atoms with Crippen molar-refractivity contribution in [3.63, 3.8) is 0 Å². The molecule has 4 aliphatic rings. The monoisotopic (exact) mass is 454 g/mol. The number of rotatable bonds is 12. The quantitative estimate of drug-likeness (QED) is 0.198. The number of ether oxygens (including phenoxy) is 2. The van der Waals surface area contributed by atoms with Crippen LogP contribution in [0.2, 0.25) is 37.3 Å². The summed E-state index contributed by atoms with van der Waals surface area (Å²) in [6.07, 6.45) is 16.8. The zero-order chi connectivity index (χ0) is 20.9. The van der Waals surface area contributed by atoms with Crippen molar-refractivity contribution >= 4 is 16.6 Å². The van der Waals surface area contributed by atoms with Crippen molar-refractivity contribution in [2.24, 2.45) is 5.92 Å². The third kappa shape index (κ3) is 7.70. The van der Waals surface area contributed by atoms with Gasteiger partial charge in [-0.1, -0.05) is 44.9 Å². The lowest BCUT2D eigenvalue weighted by Gasteiger charge is -2.37. The molecule has 0 radical (unpaired) electrons. The van der Waals surface area contributed by atoms with Crippen LogP contribution in [0.3, 0.4) is 0 Å². The van der Waals surface area contributed by atoms with Gasteiger partial charge in [-0.05, 0) is 68.9 Å². The molecule has 1 aliphatic carbocycles. The SMILES string of the molecule is C[Si]1(CCCCCCCCC2CO2)CCO[Si](C)(CCC2CCC3OC3C2)CCO1. The lowest BCUT2D eigenvalue weighted by molar-refractivity contribution is 0.252. The van der Waals surface area contributed by atoms with Gasteiger partial charge in [0.2, 0.25) is 0 Å². The minimum absolute atomic E-state index is 0.615. The van der Waals surface area contributed by atoms with Crippen LogP contribution in [0, 0.1) is 5.92 Å².